The van der Waals surface area contributed by atoms with Gasteiger partial charge in [-0.15, -0.1) is 0 Å². The van der Waals surface area contributed by atoms with Gasteiger partial charge >= 0.3 is 0 Å². The summed E-state index contributed by atoms with van der Waals surface area (Å²) in [6.07, 6.45) is 1.98. The van der Waals surface area contributed by atoms with Gasteiger partial charge in [0.15, 0.2) is 0 Å². The molecule has 0 saturated carbocycles. The number of nitrogens with zero attached hydrogens (tertiary/aromatic N) is 2. The fourth-order valence-electron chi connectivity index (χ4n) is 2.11. The highest BCUT2D eigenvalue weighted by Gasteiger charge is 2.17. The highest BCUT2D eigenvalue weighted by atomic mass is 35.5. The van der Waals surface area contributed by atoms with E-state index in [4.69, 9.17) is 11.6 Å². The number of benzene rings is 1. The van der Waals surface area contributed by atoms with E-state index in [1.807, 2.05) is 0 Å². The Morgan fingerprint density at radius 3 is 2.70 bits per heavy atom. The lowest BCUT2D eigenvalue weighted by molar-refractivity contribution is 0.535. The van der Waals surface area contributed by atoms with E-state index in [0.29, 0.717) is 29.1 Å². The maximum absolute atomic E-state index is 12.4. The molecule has 1 aromatic heterocycles. The first-order valence-electron chi connectivity index (χ1n) is 7.10. The van der Waals surface area contributed by atoms with Gasteiger partial charge in [0.1, 0.15) is 0 Å². The molecule has 0 atom stereocenters. The summed E-state index contributed by atoms with van der Waals surface area (Å²) in [7, 11) is -3.61. The van der Waals surface area contributed by atoms with Crippen LogP contribution < -0.4 is 10.3 Å². The number of hydrogen-bond acceptors (Lipinski definition) is 4. The Hall–Kier alpha value is -1.70. The fraction of sp³-hybridized carbons (Fsp3) is 0.333. The standard InChI is InChI=1S/C15H18ClN3O3S/c1-11-10-14(12(2)9-13(11)16)23(21,22)18-7-4-8-19-15(20)5-3-6-17-19/h3,5-6,9-10,18H,4,7-8H2,1-2H3. The van der Waals surface area contributed by atoms with Crippen molar-refractivity contribution >= 4 is 21.6 Å². The molecule has 124 valence electrons. The van der Waals surface area contributed by atoms with Gasteiger partial charge in [-0.2, -0.15) is 5.10 Å². The SMILES string of the molecule is Cc1cc(S(=O)(=O)NCCCn2ncccc2=O)c(C)cc1Cl. The van der Waals surface area contributed by atoms with Gasteiger partial charge in [0.25, 0.3) is 5.56 Å². The molecule has 0 spiro atoms. The summed E-state index contributed by atoms with van der Waals surface area (Å²) >= 11 is 5.99. The number of aryl methyl sites for hydroxylation is 3. The zero-order valence-corrected chi connectivity index (χ0v) is 14.5. The average molecular weight is 356 g/mol. The molecule has 0 aliphatic carbocycles. The third-order valence-corrected chi connectivity index (χ3v) is 5.38. The van der Waals surface area contributed by atoms with Gasteiger partial charge in [-0.3, -0.25) is 4.79 Å². The molecule has 8 heteroatoms. The van der Waals surface area contributed by atoms with Crippen LogP contribution in [0.15, 0.2) is 40.2 Å². The van der Waals surface area contributed by atoms with Gasteiger partial charge < -0.3 is 0 Å². The highest BCUT2D eigenvalue weighted by Crippen LogP contribution is 2.23. The smallest absolute Gasteiger partial charge is 0.266 e. The minimum absolute atomic E-state index is 0.209. The summed E-state index contributed by atoms with van der Waals surface area (Å²) in [5.41, 5.74) is 1.09. The molecule has 0 saturated heterocycles. The summed E-state index contributed by atoms with van der Waals surface area (Å²) in [5, 5.41) is 4.46. The molecule has 0 aliphatic rings. The zero-order chi connectivity index (χ0) is 17.0. The maximum atomic E-state index is 12.4. The predicted octanol–water partition coefficient (Wildman–Crippen LogP) is 1.88. The molecule has 1 aromatic carbocycles. The van der Waals surface area contributed by atoms with Crippen molar-refractivity contribution in [2.24, 2.45) is 0 Å². The molecule has 23 heavy (non-hydrogen) atoms. The molecule has 1 N–H and O–H groups in total. The lowest BCUT2D eigenvalue weighted by Gasteiger charge is -2.11. The van der Waals surface area contributed by atoms with Gasteiger partial charge in [-0.25, -0.2) is 17.8 Å². The van der Waals surface area contributed by atoms with Crippen molar-refractivity contribution < 1.29 is 8.42 Å². The zero-order valence-electron chi connectivity index (χ0n) is 12.9. The molecule has 0 amide bonds. The van der Waals surface area contributed by atoms with Crippen LogP contribution in [0.25, 0.3) is 0 Å². The van der Waals surface area contributed by atoms with Crippen LogP contribution in [-0.4, -0.2) is 24.7 Å². The minimum Gasteiger partial charge on any atom is -0.268 e. The van der Waals surface area contributed by atoms with E-state index >= 15 is 0 Å². The van der Waals surface area contributed by atoms with Crippen LogP contribution in [-0.2, 0) is 16.6 Å². The van der Waals surface area contributed by atoms with Crippen LogP contribution >= 0.6 is 11.6 Å². The fourth-order valence-corrected chi connectivity index (χ4v) is 3.71. The number of sulfonamides is 1. The molecule has 0 unspecified atom stereocenters. The molecular formula is C15H18ClN3O3S. The summed E-state index contributed by atoms with van der Waals surface area (Å²) in [5.74, 6) is 0. The summed E-state index contributed by atoms with van der Waals surface area (Å²) in [6.45, 7) is 4.02. The number of halogens is 1. The number of aromatic nitrogens is 2. The molecule has 6 nitrogen and oxygen atoms in total. The van der Waals surface area contributed by atoms with E-state index in [-0.39, 0.29) is 17.0 Å². The summed E-state index contributed by atoms with van der Waals surface area (Å²) in [6, 6.07) is 6.17. The van der Waals surface area contributed by atoms with Crippen LogP contribution in [0.5, 0.6) is 0 Å². The van der Waals surface area contributed by atoms with Crippen LogP contribution in [0.2, 0.25) is 5.02 Å². The van der Waals surface area contributed by atoms with E-state index in [2.05, 4.69) is 9.82 Å². The van der Waals surface area contributed by atoms with Crippen LogP contribution in [0, 0.1) is 13.8 Å². The maximum Gasteiger partial charge on any atom is 0.266 e. The molecule has 1 heterocycles. The van der Waals surface area contributed by atoms with Crippen LogP contribution in [0.1, 0.15) is 17.5 Å². The Morgan fingerprint density at radius 2 is 2.00 bits per heavy atom. The van der Waals surface area contributed by atoms with Crippen molar-refractivity contribution in [1.82, 2.24) is 14.5 Å². The third kappa shape index (κ3) is 4.40. The largest absolute Gasteiger partial charge is 0.268 e. The van der Waals surface area contributed by atoms with Crippen molar-refractivity contribution in [3.63, 3.8) is 0 Å². The van der Waals surface area contributed by atoms with Gasteiger partial charge in [0.2, 0.25) is 10.0 Å². The molecule has 0 aliphatic heterocycles. The van der Waals surface area contributed by atoms with Gasteiger partial charge in [-0.05, 0) is 49.6 Å². The second kappa shape index (κ2) is 7.25. The molecule has 0 bridgehead atoms. The number of hydrogen-bond donors (Lipinski definition) is 1. The monoisotopic (exact) mass is 355 g/mol. The van der Waals surface area contributed by atoms with E-state index in [9.17, 15) is 13.2 Å². The van der Waals surface area contributed by atoms with Crippen molar-refractivity contribution in [3.05, 3.63) is 57.0 Å². The second-order valence-corrected chi connectivity index (χ2v) is 7.35. The van der Waals surface area contributed by atoms with E-state index < -0.39 is 10.0 Å². The van der Waals surface area contributed by atoms with Gasteiger partial charge in [0.05, 0.1) is 4.90 Å². The first-order chi connectivity index (χ1) is 10.8. The quantitative estimate of drug-likeness (QED) is 0.802. The molecular weight excluding hydrogens is 338 g/mol. The van der Waals surface area contributed by atoms with Crippen LogP contribution in [0.3, 0.4) is 0 Å². The average Bonchev–Trinajstić information content (AvgIpc) is 2.49. The first-order valence-corrected chi connectivity index (χ1v) is 8.96. The third-order valence-electron chi connectivity index (χ3n) is 3.37. The number of nitrogens with one attached hydrogen (secondary N) is 1. The highest BCUT2D eigenvalue weighted by molar-refractivity contribution is 7.89. The number of rotatable bonds is 6. The van der Waals surface area contributed by atoms with E-state index in [0.717, 1.165) is 0 Å². The Bertz CT molecular complexity index is 863. The Labute approximate surface area is 140 Å². The Kier molecular flexibility index (Phi) is 5.56. The topological polar surface area (TPSA) is 81.1 Å². The van der Waals surface area contributed by atoms with Crippen molar-refractivity contribution in [2.45, 2.75) is 31.7 Å². The lowest BCUT2D eigenvalue weighted by Crippen LogP contribution is -2.28. The minimum atomic E-state index is -3.61. The van der Waals surface area contributed by atoms with Crippen molar-refractivity contribution in [1.29, 1.82) is 0 Å². The Balaban J connectivity index is 2.01. The van der Waals surface area contributed by atoms with Gasteiger partial charge in [0, 0.05) is 30.4 Å². The second-order valence-electron chi connectivity index (χ2n) is 5.20. The van der Waals surface area contributed by atoms with E-state index in [1.165, 1.54) is 16.9 Å². The van der Waals surface area contributed by atoms with Crippen LogP contribution in [0.4, 0.5) is 0 Å². The summed E-state index contributed by atoms with van der Waals surface area (Å²) < 4.78 is 28.5. The van der Waals surface area contributed by atoms with E-state index in [1.54, 1.807) is 32.0 Å². The van der Waals surface area contributed by atoms with Crippen molar-refractivity contribution in [3.8, 4) is 0 Å². The molecule has 2 rings (SSSR count). The molecule has 0 radical (unpaired) electrons. The van der Waals surface area contributed by atoms with Crippen molar-refractivity contribution in [2.75, 3.05) is 6.54 Å². The molecule has 0 fully saturated rings. The Morgan fingerprint density at radius 1 is 1.26 bits per heavy atom. The normalized spacial score (nSPS) is 11.6. The predicted molar refractivity (Wildman–Crippen MR) is 89.2 cm³/mol. The first kappa shape index (κ1) is 17.7. The lowest BCUT2D eigenvalue weighted by atomic mass is 10.2. The van der Waals surface area contributed by atoms with Gasteiger partial charge in [-0.1, -0.05) is 11.6 Å². The summed E-state index contributed by atoms with van der Waals surface area (Å²) in [4.78, 5) is 11.7. The molecule has 2 aromatic rings.